The molecule has 4 aliphatic carbocycles. The number of hydrogen-bond acceptors (Lipinski definition) is 5. The number of nitrogens with one attached hydrogen (secondary N) is 2. The molecule has 1 aromatic rings. The van der Waals surface area contributed by atoms with Gasteiger partial charge in [0.05, 0.1) is 12.8 Å². The molecule has 0 spiro atoms. The van der Waals surface area contributed by atoms with Crippen molar-refractivity contribution in [2.45, 2.75) is 110 Å². The molecule has 0 saturated heterocycles. The second kappa shape index (κ2) is 13.9. The van der Waals surface area contributed by atoms with Crippen LogP contribution in [0, 0.1) is 52.3 Å². The van der Waals surface area contributed by atoms with Gasteiger partial charge < -0.3 is 15.4 Å². The summed E-state index contributed by atoms with van der Waals surface area (Å²) >= 11 is 0. The third-order valence-electron chi connectivity index (χ3n) is 13.1. The van der Waals surface area contributed by atoms with Gasteiger partial charge in [0.25, 0.3) is 0 Å². The maximum Gasteiger partial charge on any atom is 0.305 e. The summed E-state index contributed by atoms with van der Waals surface area (Å²) in [6, 6.07) is 6.79. The van der Waals surface area contributed by atoms with Crippen LogP contribution in [-0.4, -0.2) is 37.2 Å². The number of carbonyl (C=O) groups is 1. The van der Waals surface area contributed by atoms with Gasteiger partial charge in [-0.25, -0.2) is 0 Å². The van der Waals surface area contributed by atoms with Gasteiger partial charge in [-0.1, -0.05) is 32.9 Å². The number of pyridine rings is 1. The van der Waals surface area contributed by atoms with Crippen molar-refractivity contribution in [3.8, 4) is 0 Å². The van der Waals surface area contributed by atoms with Crippen LogP contribution in [0.3, 0.4) is 0 Å². The molecule has 4 saturated carbocycles. The molecule has 5 rings (SSSR count). The highest BCUT2D eigenvalue weighted by atomic mass is 16.5. The zero-order valence-electron chi connectivity index (χ0n) is 27.1. The van der Waals surface area contributed by atoms with Gasteiger partial charge in [-0.3, -0.25) is 9.78 Å². The van der Waals surface area contributed by atoms with E-state index in [1.54, 1.807) is 0 Å². The molecule has 4 aliphatic rings. The lowest BCUT2D eigenvalue weighted by atomic mass is 9.42. The molecule has 5 heteroatoms. The second-order valence-electron chi connectivity index (χ2n) is 15.1. The number of carbonyl (C=O) groups excluding carboxylic acids is 1. The molecule has 10 atom stereocenters. The number of allylic oxidation sites excluding steroid dienone is 1. The highest BCUT2D eigenvalue weighted by Gasteiger charge is 2.62. The van der Waals surface area contributed by atoms with E-state index in [0.717, 1.165) is 61.3 Å². The quantitative estimate of drug-likeness (QED) is 0.144. The first-order valence-electron chi connectivity index (χ1n) is 17.3. The van der Waals surface area contributed by atoms with Crippen molar-refractivity contribution < 1.29 is 9.53 Å². The molecular weight excluding hydrogens is 518 g/mol. The first kappa shape index (κ1) is 31.7. The van der Waals surface area contributed by atoms with Crippen LogP contribution >= 0.6 is 0 Å². The van der Waals surface area contributed by atoms with Crippen molar-refractivity contribution in [3.05, 3.63) is 42.7 Å². The zero-order valence-corrected chi connectivity index (χ0v) is 27.1. The number of hydrogen-bond donors (Lipinski definition) is 2. The van der Waals surface area contributed by atoms with E-state index in [4.69, 9.17) is 4.74 Å². The SMILES string of the molecule is C=C[C@@H]1CC2C[C@H](NCCCCNCc3ccccn3)CC[C@]2(C)C2CC[C@@]3(C)C(CC[C@@H]3[C@H](C)CCC(=O)OC)C21. The molecule has 0 radical (unpaired) electrons. The van der Waals surface area contributed by atoms with Crippen LogP contribution in [0.25, 0.3) is 0 Å². The number of ether oxygens (including phenoxy) is 1. The van der Waals surface area contributed by atoms with E-state index >= 15 is 0 Å². The summed E-state index contributed by atoms with van der Waals surface area (Å²) in [7, 11) is 1.52. The van der Waals surface area contributed by atoms with Crippen LogP contribution in [0.15, 0.2) is 37.1 Å². The molecule has 0 amide bonds. The predicted octanol–water partition coefficient (Wildman–Crippen LogP) is 7.57. The topological polar surface area (TPSA) is 63.2 Å². The molecular formula is C37H59N3O2. The van der Waals surface area contributed by atoms with Crippen LogP contribution in [-0.2, 0) is 16.1 Å². The number of fused-ring (bicyclic) bond motifs is 5. The average Bonchev–Trinajstić information content (AvgIpc) is 3.36. The van der Waals surface area contributed by atoms with Crippen molar-refractivity contribution in [2.24, 2.45) is 52.3 Å². The number of unbranched alkanes of at least 4 members (excludes halogenated alkanes) is 1. The molecule has 0 aromatic carbocycles. The second-order valence-corrected chi connectivity index (χ2v) is 15.1. The highest BCUT2D eigenvalue weighted by molar-refractivity contribution is 5.69. The summed E-state index contributed by atoms with van der Waals surface area (Å²) in [5.74, 6) is 5.18. The van der Waals surface area contributed by atoms with Gasteiger partial charge in [0, 0.05) is 25.2 Å². The summed E-state index contributed by atoms with van der Waals surface area (Å²) in [5, 5.41) is 7.51. The standard InChI is InChI=1S/C37H59N3O2/c1-6-27-23-28-24-29(39-22-10-9-20-38-25-30-11-7-8-21-40-30)16-18-36(28,3)33-17-19-37(4)31(13-14-32(37)35(27)33)26(2)12-15-34(41)42-5/h6-8,11,21,26-29,31-33,35,38-39H,1,9-10,12-20,22-25H2,2-5H3/t26-,27-,28?,29-,31-,32?,33?,35?,36+,37-/m1/s1. The first-order chi connectivity index (χ1) is 20.3. The predicted molar refractivity (Wildman–Crippen MR) is 172 cm³/mol. The van der Waals surface area contributed by atoms with Crippen LogP contribution in [0.4, 0.5) is 0 Å². The minimum Gasteiger partial charge on any atom is -0.469 e. The normalized spacial score (nSPS) is 38.1. The number of methoxy groups -OCH3 is 1. The average molecular weight is 578 g/mol. The summed E-state index contributed by atoms with van der Waals surface area (Å²) in [6.45, 7) is 15.2. The van der Waals surface area contributed by atoms with Crippen molar-refractivity contribution >= 4 is 5.97 Å². The molecule has 234 valence electrons. The van der Waals surface area contributed by atoms with Crippen LogP contribution < -0.4 is 10.6 Å². The smallest absolute Gasteiger partial charge is 0.305 e. The summed E-state index contributed by atoms with van der Waals surface area (Å²) < 4.78 is 4.96. The Morgan fingerprint density at radius 3 is 2.64 bits per heavy atom. The zero-order chi connectivity index (χ0) is 29.7. The molecule has 0 bridgehead atoms. The van der Waals surface area contributed by atoms with Crippen molar-refractivity contribution in [1.82, 2.24) is 15.6 Å². The minimum absolute atomic E-state index is 0.0538. The fourth-order valence-corrected chi connectivity index (χ4v) is 10.8. The van der Waals surface area contributed by atoms with Gasteiger partial charge in [0.15, 0.2) is 0 Å². The molecule has 0 aliphatic heterocycles. The van der Waals surface area contributed by atoms with Crippen LogP contribution in [0.5, 0.6) is 0 Å². The molecule has 1 aromatic heterocycles. The van der Waals surface area contributed by atoms with E-state index in [9.17, 15) is 4.79 Å². The Balaban J connectivity index is 1.13. The Hall–Kier alpha value is -1.72. The van der Waals surface area contributed by atoms with Gasteiger partial charge in [-0.2, -0.15) is 0 Å². The fourth-order valence-electron chi connectivity index (χ4n) is 10.8. The van der Waals surface area contributed by atoms with E-state index in [1.807, 2.05) is 12.3 Å². The summed E-state index contributed by atoms with van der Waals surface area (Å²) in [6.07, 6.45) is 19.1. The molecule has 4 unspecified atom stereocenters. The maximum atomic E-state index is 11.9. The molecule has 1 heterocycles. The maximum absolute atomic E-state index is 11.9. The number of nitrogens with zero attached hydrogens (tertiary/aromatic N) is 1. The lowest BCUT2D eigenvalue weighted by molar-refractivity contribution is -0.142. The Morgan fingerprint density at radius 1 is 1.10 bits per heavy atom. The molecule has 2 N–H and O–H groups in total. The van der Waals surface area contributed by atoms with E-state index < -0.39 is 0 Å². The van der Waals surface area contributed by atoms with Gasteiger partial charge in [-0.05, 0) is 148 Å². The lowest BCUT2D eigenvalue weighted by Gasteiger charge is -2.63. The minimum atomic E-state index is -0.0538. The highest BCUT2D eigenvalue weighted by Crippen LogP contribution is 2.69. The number of aromatic nitrogens is 1. The Labute approximate surface area is 256 Å². The molecule has 4 fully saturated rings. The van der Waals surface area contributed by atoms with Crippen LogP contribution in [0.2, 0.25) is 0 Å². The van der Waals surface area contributed by atoms with Gasteiger partial charge in [0.1, 0.15) is 0 Å². The van der Waals surface area contributed by atoms with Crippen molar-refractivity contribution in [1.29, 1.82) is 0 Å². The third kappa shape index (κ3) is 6.53. The molecule has 5 nitrogen and oxygen atoms in total. The lowest BCUT2D eigenvalue weighted by Crippen LogP contribution is -2.57. The van der Waals surface area contributed by atoms with Gasteiger partial charge >= 0.3 is 5.97 Å². The number of esters is 1. The number of rotatable bonds is 13. The van der Waals surface area contributed by atoms with Gasteiger partial charge in [0.2, 0.25) is 0 Å². The van der Waals surface area contributed by atoms with E-state index in [1.165, 1.54) is 71.3 Å². The Bertz CT molecular complexity index is 1030. The van der Waals surface area contributed by atoms with E-state index in [-0.39, 0.29) is 5.97 Å². The first-order valence-corrected chi connectivity index (χ1v) is 17.3. The van der Waals surface area contributed by atoms with E-state index in [0.29, 0.717) is 35.1 Å². The monoisotopic (exact) mass is 577 g/mol. The van der Waals surface area contributed by atoms with Crippen molar-refractivity contribution in [3.63, 3.8) is 0 Å². The third-order valence-corrected chi connectivity index (χ3v) is 13.1. The Kier molecular flexibility index (Phi) is 10.5. The van der Waals surface area contributed by atoms with Crippen molar-refractivity contribution in [2.75, 3.05) is 20.2 Å². The fraction of sp³-hybridized carbons (Fsp3) is 0.784. The summed E-state index contributed by atoms with van der Waals surface area (Å²) in [5.41, 5.74) is 2.01. The Morgan fingerprint density at radius 2 is 1.88 bits per heavy atom. The van der Waals surface area contributed by atoms with Crippen LogP contribution in [0.1, 0.15) is 104 Å². The summed E-state index contributed by atoms with van der Waals surface area (Å²) in [4.78, 5) is 16.3. The molecule has 42 heavy (non-hydrogen) atoms. The van der Waals surface area contributed by atoms with E-state index in [2.05, 4.69) is 61.2 Å². The largest absolute Gasteiger partial charge is 0.469 e. The van der Waals surface area contributed by atoms with Gasteiger partial charge in [-0.15, -0.1) is 6.58 Å².